The molecule has 0 atom stereocenters. The highest BCUT2D eigenvalue weighted by Gasteiger charge is 2.35. The van der Waals surface area contributed by atoms with E-state index in [2.05, 4.69) is 33.6 Å². The van der Waals surface area contributed by atoms with Crippen LogP contribution in [0.4, 0.5) is 0 Å². The summed E-state index contributed by atoms with van der Waals surface area (Å²) in [5.41, 5.74) is 3.46. The van der Waals surface area contributed by atoms with E-state index in [1.54, 1.807) is 6.20 Å². The molecule has 128 valence electrons. The van der Waals surface area contributed by atoms with Gasteiger partial charge in [-0.05, 0) is 48.7 Å². The number of pyridine rings is 1. The largest absolute Gasteiger partial charge is 0.289 e. The van der Waals surface area contributed by atoms with E-state index in [1.165, 1.54) is 18.4 Å². The third kappa shape index (κ3) is 3.32. The van der Waals surface area contributed by atoms with Gasteiger partial charge in [-0.15, -0.1) is 0 Å². The molecule has 1 N–H and O–H groups in total. The van der Waals surface area contributed by atoms with Crippen LogP contribution in [0.1, 0.15) is 31.2 Å². The number of nitrogens with zero attached hydrogens (tertiary/aromatic N) is 3. The molecule has 3 aromatic rings. The van der Waals surface area contributed by atoms with Crippen molar-refractivity contribution in [1.29, 1.82) is 0 Å². The fourth-order valence-corrected chi connectivity index (χ4v) is 3.89. The van der Waals surface area contributed by atoms with E-state index in [9.17, 15) is 0 Å². The van der Waals surface area contributed by atoms with Crippen molar-refractivity contribution in [2.24, 2.45) is 0 Å². The molecule has 5 heteroatoms. The topological polar surface area (TPSA) is 42.7 Å². The lowest BCUT2D eigenvalue weighted by Gasteiger charge is -2.31. The van der Waals surface area contributed by atoms with Crippen LogP contribution in [0.3, 0.4) is 0 Å². The molecule has 1 saturated carbocycles. The number of rotatable bonds is 5. The molecule has 0 spiro atoms. The van der Waals surface area contributed by atoms with Crippen LogP contribution < -0.4 is 5.32 Å². The van der Waals surface area contributed by atoms with Crippen LogP contribution in [0.2, 0.25) is 5.02 Å². The summed E-state index contributed by atoms with van der Waals surface area (Å²) in [4.78, 5) is 4.21. The van der Waals surface area contributed by atoms with Crippen LogP contribution >= 0.6 is 11.6 Å². The maximum atomic E-state index is 6.07. The van der Waals surface area contributed by atoms with E-state index < -0.39 is 0 Å². The van der Waals surface area contributed by atoms with Crippen LogP contribution in [-0.2, 0) is 12.2 Å². The van der Waals surface area contributed by atoms with Crippen LogP contribution in [0.5, 0.6) is 0 Å². The summed E-state index contributed by atoms with van der Waals surface area (Å²) in [5, 5.41) is 9.06. The Balaban J connectivity index is 1.57. The van der Waals surface area contributed by atoms with Gasteiger partial charge in [-0.1, -0.05) is 36.6 Å². The number of hydrogen-bond acceptors (Lipinski definition) is 3. The monoisotopic (exact) mass is 352 g/mol. The second kappa shape index (κ2) is 6.98. The predicted octanol–water partition coefficient (Wildman–Crippen LogP) is 4.62. The fourth-order valence-electron chi connectivity index (χ4n) is 3.76. The van der Waals surface area contributed by atoms with Gasteiger partial charge in [-0.3, -0.25) is 15.0 Å². The first-order chi connectivity index (χ1) is 12.3. The van der Waals surface area contributed by atoms with E-state index in [-0.39, 0.29) is 5.54 Å². The van der Waals surface area contributed by atoms with Gasteiger partial charge in [0.2, 0.25) is 0 Å². The van der Waals surface area contributed by atoms with Gasteiger partial charge in [0.05, 0.1) is 12.4 Å². The zero-order chi connectivity index (χ0) is 17.1. The normalized spacial score (nSPS) is 16.2. The minimum Gasteiger partial charge on any atom is -0.289 e. The summed E-state index contributed by atoms with van der Waals surface area (Å²) >= 11 is 6.07. The summed E-state index contributed by atoms with van der Waals surface area (Å²) in [7, 11) is 0. The lowest BCUT2D eigenvalue weighted by atomic mass is 9.88. The Morgan fingerprint density at radius 3 is 2.56 bits per heavy atom. The Bertz CT molecular complexity index is 820. The molecule has 1 fully saturated rings. The Morgan fingerprint density at radius 1 is 1.04 bits per heavy atom. The first-order valence-corrected chi connectivity index (χ1v) is 9.08. The number of aromatic nitrogens is 3. The lowest BCUT2D eigenvalue weighted by molar-refractivity contribution is 0.300. The van der Waals surface area contributed by atoms with Crippen molar-refractivity contribution in [3.8, 4) is 11.3 Å². The van der Waals surface area contributed by atoms with Gasteiger partial charge in [-0.2, -0.15) is 5.10 Å². The highest BCUT2D eigenvalue weighted by molar-refractivity contribution is 6.30. The molecule has 1 aliphatic carbocycles. The third-order valence-electron chi connectivity index (χ3n) is 5.09. The molecule has 4 nitrogen and oxygen atoms in total. The van der Waals surface area contributed by atoms with Crippen molar-refractivity contribution in [2.75, 3.05) is 0 Å². The summed E-state index contributed by atoms with van der Waals surface area (Å²) in [6, 6.07) is 14.3. The van der Waals surface area contributed by atoms with Gasteiger partial charge in [-0.25, -0.2) is 0 Å². The molecule has 0 unspecified atom stereocenters. The van der Waals surface area contributed by atoms with Crippen molar-refractivity contribution in [1.82, 2.24) is 20.1 Å². The molecule has 2 aromatic heterocycles. The number of nitrogens with one attached hydrogen (secondary N) is 1. The van der Waals surface area contributed by atoms with E-state index in [0.717, 1.165) is 29.1 Å². The average molecular weight is 353 g/mol. The minimum atomic E-state index is 0.00272. The second-order valence-electron chi connectivity index (χ2n) is 6.59. The molecule has 0 aliphatic heterocycles. The molecule has 2 heterocycles. The van der Waals surface area contributed by atoms with Crippen LogP contribution in [0.25, 0.3) is 11.3 Å². The minimum absolute atomic E-state index is 0.00272. The van der Waals surface area contributed by atoms with Crippen molar-refractivity contribution in [2.45, 2.75) is 37.9 Å². The highest BCUT2D eigenvalue weighted by atomic mass is 35.5. The molecule has 0 saturated heterocycles. The van der Waals surface area contributed by atoms with Crippen LogP contribution in [0.15, 0.2) is 61.1 Å². The van der Waals surface area contributed by atoms with E-state index in [4.69, 9.17) is 11.6 Å². The van der Waals surface area contributed by atoms with Crippen LogP contribution in [-0.4, -0.2) is 14.8 Å². The van der Waals surface area contributed by atoms with E-state index in [0.29, 0.717) is 6.67 Å². The molecular weight excluding hydrogens is 332 g/mol. The Hall–Kier alpha value is -2.17. The van der Waals surface area contributed by atoms with Gasteiger partial charge < -0.3 is 0 Å². The van der Waals surface area contributed by atoms with Gasteiger partial charge >= 0.3 is 0 Å². The molecule has 4 rings (SSSR count). The maximum absolute atomic E-state index is 6.07. The highest BCUT2D eigenvalue weighted by Crippen LogP contribution is 2.39. The molecule has 1 aromatic carbocycles. The van der Waals surface area contributed by atoms with Crippen LogP contribution in [0, 0.1) is 0 Å². The molecule has 1 aliphatic rings. The van der Waals surface area contributed by atoms with Crippen molar-refractivity contribution in [3.63, 3.8) is 0 Å². The maximum Gasteiger partial charge on any atom is 0.0917 e. The molecule has 0 bridgehead atoms. The van der Waals surface area contributed by atoms with Crippen molar-refractivity contribution in [3.05, 3.63) is 71.6 Å². The Kier molecular flexibility index (Phi) is 4.55. The standard InChI is InChI=1S/C20H21ClN4/c21-18-7-5-17(6-8-18)20(10-1-2-11-20)23-15-25-19(9-13-24-25)16-4-3-12-22-14-16/h3-9,12-14,23H,1-2,10-11,15H2. The van der Waals surface area contributed by atoms with E-state index in [1.807, 2.05) is 41.3 Å². The molecular formula is C20H21ClN4. The zero-order valence-electron chi connectivity index (χ0n) is 14.0. The van der Waals surface area contributed by atoms with Crippen molar-refractivity contribution >= 4 is 11.6 Å². The summed E-state index contributed by atoms with van der Waals surface area (Å²) < 4.78 is 2.01. The zero-order valence-corrected chi connectivity index (χ0v) is 14.8. The molecule has 0 radical (unpaired) electrons. The SMILES string of the molecule is Clc1ccc(C2(NCn3nccc3-c3cccnc3)CCCC2)cc1. The number of halogens is 1. The fraction of sp³-hybridized carbons (Fsp3) is 0.300. The van der Waals surface area contributed by atoms with Crippen molar-refractivity contribution < 1.29 is 0 Å². The number of benzene rings is 1. The molecule has 25 heavy (non-hydrogen) atoms. The van der Waals surface area contributed by atoms with Gasteiger partial charge in [0.25, 0.3) is 0 Å². The number of hydrogen-bond donors (Lipinski definition) is 1. The first kappa shape index (κ1) is 16.3. The van der Waals surface area contributed by atoms with E-state index >= 15 is 0 Å². The third-order valence-corrected chi connectivity index (χ3v) is 5.35. The lowest BCUT2D eigenvalue weighted by Crippen LogP contribution is -2.41. The van der Waals surface area contributed by atoms with Gasteiger partial charge in [0.15, 0.2) is 0 Å². The Labute approximate surface area is 152 Å². The summed E-state index contributed by atoms with van der Waals surface area (Å²) in [6.45, 7) is 0.667. The second-order valence-corrected chi connectivity index (χ2v) is 7.03. The Morgan fingerprint density at radius 2 is 1.84 bits per heavy atom. The summed E-state index contributed by atoms with van der Waals surface area (Å²) in [6.07, 6.45) is 10.3. The van der Waals surface area contributed by atoms with Gasteiger partial charge in [0, 0.05) is 34.7 Å². The first-order valence-electron chi connectivity index (χ1n) is 8.70. The smallest absolute Gasteiger partial charge is 0.0917 e. The summed E-state index contributed by atoms with van der Waals surface area (Å²) in [5.74, 6) is 0. The average Bonchev–Trinajstić information content (AvgIpc) is 3.31. The predicted molar refractivity (Wildman–Crippen MR) is 100 cm³/mol. The molecule has 0 amide bonds. The van der Waals surface area contributed by atoms with Gasteiger partial charge in [0.1, 0.15) is 0 Å². The quantitative estimate of drug-likeness (QED) is 0.728.